The fraction of sp³-hybridized carbons (Fsp3) is 0. The van der Waals surface area contributed by atoms with E-state index in [1.54, 1.807) is 23.7 Å². The predicted octanol–water partition coefficient (Wildman–Crippen LogP) is 4.19. The summed E-state index contributed by atoms with van der Waals surface area (Å²) in [6, 6.07) is 4.68. The van der Waals surface area contributed by atoms with Crippen molar-refractivity contribution in [1.29, 1.82) is 0 Å². The van der Waals surface area contributed by atoms with E-state index in [0.29, 0.717) is 15.0 Å². The highest BCUT2D eigenvalue weighted by molar-refractivity contribution is 7.15. The van der Waals surface area contributed by atoms with E-state index in [-0.39, 0.29) is 17.3 Å². The van der Waals surface area contributed by atoms with Gasteiger partial charge < -0.3 is 9.84 Å². The molecule has 2 heterocycles. The van der Waals surface area contributed by atoms with Crippen LogP contribution in [0.3, 0.4) is 0 Å². The number of aromatic nitrogens is 2. The molecule has 0 atom stereocenters. The molecule has 2 aromatic heterocycles. The molecule has 0 aliphatic heterocycles. The standard InChI is InChI=1S/C12H6Cl2N2O3S/c13-6-1-2-7(14)8(5-6)19-10-9(11(17)18)16-3-4-20-12(16)15-10/h1-5H,(H,17,18). The van der Waals surface area contributed by atoms with E-state index < -0.39 is 5.97 Å². The molecule has 0 saturated heterocycles. The van der Waals surface area contributed by atoms with E-state index in [4.69, 9.17) is 27.9 Å². The molecule has 3 aromatic rings. The second-order valence-corrected chi connectivity index (χ2v) is 5.52. The largest absolute Gasteiger partial charge is 0.476 e. The number of halogens is 2. The molecule has 0 aliphatic carbocycles. The van der Waals surface area contributed by atoms with Crippen molar-refractivity contribution in [2.24, 2.45) is 0 Å². The summed E-state index contributed by atoms with van der Waals surface area (Å²) in [5, 5.41) is 11.8. The first-order chi connectivity index (χ1) is 9.56. The van der Waals surface area contributed by atoms with Gasteiger partial charge in [-0.2, -0.15) is 4.98 Å². The van der Waals surface area contributed by atoms with Crippen LogP contribution in [-0.2, 0) is 0 Å². The molecule has 0 radical (unpaired) electrons. The number of nitrogens with zero attached hydrogens (tertiary/aromatic N) is 2. The molecule has 20 heavy (non-hydrogen) atoms. The van der Waals surface area contributed by atoms with Gasteiger partial charge in [0.05, 0.1) is 5.02 Å². The molecule has 0 unspecified atom stereocenters. The van der Waals surface area contributed by atoms with E-state index in [1.165, 1.54) is 21.8 Å². The minimum atomic E-state index is -1.14. The SMILES string of the molecule is O=C(O)c1c(Oc2cc(Cl)ccc2Cl)nc2sccn12. The highest BCUT2D eigenvalue weighted by atomic mass is 35.5. The van der Waals surface area contributed by atoms with Gasteiger partial charge in [-0.3, -0.25) is 4.40 Å². The summed E-state index contributed by atoms with van der Waals surface area (Å²) in [6.07, 6.45) is 1.61. The Bertz CT molecular complexity index is 812. The lowest BCUT2D eigenvalue weighted by atomic mass is 10.3. The Labute approximate surface area is 127 Å². The Morgan fingerprint density at radius 3 is 2.95 bits per heavy atom. The van der Waals surface area contributed by atoms with Crippen molar-refractivity contribution in [3.63, 3.8) is 0 Å². The molecule has 1 aromatic carbocycles. The second kappa shape index (κ2) is 4.97. The van der Waals surface area contributed by atoms with Crippen molar-refractivity contribution < 1.29 is 14.6 Å². The summed E-state index contributed by atoms with van der Waals surface area (Å²) in [7, 11) is 0. The van der Waals surface area contributed by atoms with Crippen molar-refractivity contribution in [1.82, 2.24) is 9.38 Å². The average Bonchev–Trinajstić information content (AvgIpc) is 2.93. The Kier molecular flexibility index (Phi) is 3.29. The van der Waals surface area contributed by atoms with Crippen LogP contribution in [0, 0.1) is 0 Å². The lowest BCUT2D eigenvalue weighted by Crippen LogP contribution is -2.02. The van der Waals surface area contributed by atoms with Crippen molar-refractivity contribution >= 4 is 45.5 Å². The third-order valence-corrected chi connectivity index (χ3v) is 3.84. The first-order valence-corrected chi connectivity index (χ1v) is 7.01. The number of hydrogen-bond acceptors (Lipinski definition) is 4. The summed E-state index contributed by atoms with van der Waals surface area (Å²) in [4.78, 5) is 16.0. The monoisotopic (exact) mass is 328 g/mol. The first kappa shape index (κ1) is 13.2. The lowest BCUT2D eigenvalue weighted by Gasteiger charge is -2.06. The fourth-order valence-electron chi connectivity index (χ4n) is 1.69. The molecular formula is C12H6Cl2N2O3S. The van der Waals surface area contributed by atoms with Gasteiger partial charge in [0.1, 0.15) is 5.75 Å². The van der Waals surface area contributed by atoms with E-state index in [0.717, 1.165) is 0 Å². The zero-order chi connectivity index (χ0) is 14.3. The van der Waals surface area contributed by atoms with E-state index in [9.17, 15) is 9.90 Å². The third-order valence-electron chi connectivity index (χ3n) is 2.53. The Morgan fingerprint density at radius 2 is 2.20 bits per heavy atom. The quantitative estimate of drug-likeness (QED) is 0.782. The molecule has 3 rings (SSSR count). The number of carboxylic acids is 1. The van der Waals surface area contributed by atoms with Crippen molar-refractivity contribution in [3.05, 3.63) is 45.5 Å². The molecule has 5 nitrogen and oxygen atoms in total. The van der Waals surface area contributed by atoms with Crippen LogP contribution in [0.2, 0.25) is 10.0 Å². The normalized spacial score (nSPS) is 10.9. The van der Waals surface area contributed by atoms with Crippen LogP contribution in [0.5, 0.6) is 11.6 Å². The highest BCUT2D eigenvalue weighted by Gasteiger charge is 2.22. The number of carbonyl (C=O) groups is 1. The summed E-state index contributed by atoms with van der Waals surface area (Å²) in [5.41, 5.74) is -0.0581. The number of imidazole rings is 1. The van der Waals surface area contributed by atoms with Gasteiger partial charge in [0.15, 0.2) is 10.7 Å². The molecule has 0 aliphatic rings. The first-order valence-electron chi connectivity index (χ1n) is 5.38. The Morgan fingerprint density at radius 1 is 1.40 bits per heavy atom. The van der Waals surface area contributed by atoms with E-state index in [1.807, 2.05) is 0 Å². The smallest absolute Gasteiger partial charge is 0.358 e. The number of benzene rings is 1. The van der Waals surface area contributed by atoms with Gasteiger partial charge in [0, 0.05) is 22.7 Å². The van der Waals surface area contributed by atoms with Crippen LogP contribution in [0.15, 0.2) is 29.8 Å². The summed E-state index contributed by atoms with van der Waals surface area (Å²) < 4.78 is 6.95. The number of fused-ring (bicyclic) bond motifs is 1. The number of carboxylic acid groups (broad SMARTS) is 1. The van der Waals surface area contributed by atoms with E-state index in [2.05, 4.69) is 4.98 Å². The zero-order valence-corrected chi connectivity index (χ0v) is 12.0. The van der Waals surface area contributed by atoms with Gasteiger partial charge in [-0.25, -0.2) is 4.79 Å². The van der Waals surface area contributed by atoms with Gasteiger partial charge in [0.25, 0.3) is 5.88 Å². The van der Waals surface area contributed by atoms with Gasteiger partial charge in [0.2, 0.25) is 0 Å². The molecular weight excluding hydrogens is 323 g/mol. The van der Waals surface area contributed by atoms with Crippen molar-refractivity contribution in [2.45, 2.75) is 0 Å². The maximum atomic E-state index is 11.3. The van der Waals surface area contributed by atoms with Crippen LogP contribution in [-0.4, -0.2) is 20.5 Å². The molecule has 8 heteroatoms. The maximum absolute atomic E-state index is 11.3. The number of aromatic carboxylic acids is 1. The third kappa shape index (κ3) is 2.22. The molecule has 102 valence electrons. The molecule has 0 bridgehead atoms. The summed E-state index contributed by atoms with van der Waals surface area (Å²) in [6.45, 7) is 0. The minimum Gasteiger partial charge on any atom is -0.476 e. The van der Waals surface area contributed by atoms with Crippen LogP contribution < -0.4 is 4.74 Å². The highest BCUT2D eigenvalue weighted by Crippen LogP contribution is 2.34. The second-order valence-electron chi connectivity index (χ2n) is 3.80. The average molecular weight is 329 g/mol. The summed E-state index contributed by atoms with van der Waals surface area (Å²) >= 11 is 13.2. The number of ether oxygens (including phenoxy) is 1. The van der Waals surface area contributed by atoms with Crippen molar-refractivity contribution in [2.75, 3.05) is 0 Å². The van der Waals surface area contributed by atoms with Crippen LogP contribution in [0.25, 0.3) is 4.96 Å². The fourth-order valence-corrected chi connectivity index (χ4v) is 2.72. The van der Waals surface area contributed by atoms with Gasteiger partial charge in [-0.15, -0.1) is 11.3 Å². The number of thiazole rings is 1. The molecule has 0 fully saturated rings. The molecule has 1 N–H and O–H groups in total. The lowest BCUT2D eigenvalue weighted by molar-refractivity contribution is 0.0686. The maximum Gasteiger partial charge on any atom is 0.358 e. The zero-order valence-electron chi connectivity index (χ0n) is 9.71. The minimum absolute atomic E-state index is 0.0199. The number of rotatable bonds is 3. The van der Waals surface area contributed by atoms with Crippen LogP contribution in [0.4, 0.5) is 0 Å². The van der Waals surface area contributed by atoms with Crippen molar-refractivity contribution in [3.8, 4) is 11.6 Å². The van der Waals surface area contributed by atoms with Gasteiger partial charge >= 0.3 is 5.97 Å². The molecule has 0 saturated carbocycles. The molecule has 0 spiro atoms. The van der Waals surface area contributed by atoms with Crippen LogP contribution >= 0.6 is 34.5 Å². The Hall–Kier alpha value is -1.76. The topological polar surface area (TPSA) is 63.8 Å². The predicted molar refractivity (Wildman–Crippen MR) is 76.6 cm³/mol. The summed E-state index contributed by atoms with van der Waals surface area (Å²) in [5.74, 6) is -0.898. The van der Waals surface area contributed by atoms with E-state index >= 15 is 0 Å². The van der Waals surface area contributed by atoms with Gasteiger partial charge in [-0.1, -0.05) is 23.2 Å². The van der Waals surface area contributed by atoms with Gasteiger partial charge in [-0.05, 0) is 12.1 Å². The number of hydrogen-bond donors (Lipinski definition) is 1. The van der Waals surface area contributed by atoms with Crippen LogP contribution in [0.1, 0.15) is 10.5 Å². The Balaban J connectivity index is 2.10. The molecule has 0 amide bonds.